The second kappa shape index (κ2) is 6.02. The van der Waals surface area contributed by atoms with Crippen molar-refractivity contribution in [2.45, 2.75) is 32.2 Å². The summed E-state index contributed by atoms with van der Waals surface area (Å²) in [6.07, 6.45) is 4.53. The Morgan fingerprint density at radius 1 is 1.20 bits per heavy atom. The predicted molar refractivity (Wildman–Crippen MR) is 91.6 cm³/mol. The molecule has 25 heavy (non-hydrogen) atoms. The monoisotopic (exact) mass is 339 g/mol. The van der Waals surface area contributed by atoms with Gasteiger partial charge in [0.05, 0.1) is 23.1 Å². The lowest BCUT2D eigenvalue weighted by Crippen LogP contribution is -2.43. The maximum atomic E-state index is 13.1. The van der Waals surface area contributed by atoms with Gasteiger partial charge in [-0.1, -0.05) is 24.6 Å². The highest BCUT2D eigenvalue weighted by molar-refractivity contribution is 5.98. The molecule has 1 saturated carbocycles. The van der Waals surface area contributed by atoms with E-state index in [0.29, 0.717) is 18.0 Å². The molecule has 2 fully saturated rings. The van der Waals surface area contributed by atoms with Crippen LogP contribution in [0.4, 0.5) is 0 Å². The van der Waals surface area contributed by atoms with Crippen molar-refractivity contribution in [1.29, 1.82) is 0 Å². The molecule has 3 unspecified atom stereocenters. The summed E-state index contributed by atoms with van der Waals surface area (Å²) >= 11 is 0. The maximum absolute atomic E-state index is 13.1. The average molecular weight is 339 g/mol. The first kappa shape index (κ1) is 15.9. The first-order valence-corrected chi connectivity index (χ1v) is 8.71. The number of carboxylic acids is 1. The van der Waals surface area contributed by atoms with E-state index in [1.807, 2.05) is 37.3 Å². The number of para-hydroxylation sites is 1. The molecule has 0 spiro atoms. The quantitative estimate of drug-likeness (QED) is 0.932. The Balaban J connectivity index is 1.65. The summed E-state index contributed by atoms with van der Waals surface area (Å²) in [6, 6.07) is 8.90. The number of rotatable bonds is 3. The number of benzene rings is 1. The zero-order valence-corrected chi connectivity index (χ0v) is 14.1. The molecule has 1 aliphatic carbocycles. The van der Waals surface area contributed by atoms with Gasteiger partial charge in [0.1, 0.15) is 6.04 Å². The van der Waals surface area contributed by atoms with Gasteiger partial charge in [0, 0.05) is 6.54 Å². The van der Waals surface area contributed by atoms with Crippen LogP contribution in [0.25, 0.3) is 5.69 Å². The normalized spacial score (nSPS) is 25.2. The van der Waals surface area contributed by atoms with Crippen molar-refractivity contribution < 1.29 is 14.7 Å². The molecule has 2 aromatic rings. The number of aliphatic carboxylic acids is 1. The summed E-state index contributed by atoms with van der Waals surface area (Å²) in [5.74, 6) is -0.710. The number of nitrogens with zero attached hydrogens (tertiary/aromatic N) is 3. The van der Waals surface area contributed by atoms with Gasteiger partial charge in [0.25, 0.3) is 5.91 Å². The molecule has 2 aliphatic rings. The lowest BCUT2D eigenvalue weighted by molar-refractivity contribution is -0.142. The number of carboxylic acid groups (broad SMARTS) is 1. The standard InChI is InChI=1S/C19H21N3O3/c1-12-16(10-20-22(12)14-7-3-2-4-8-14)18(23)21-11-13-6-5-9-15(13)17(21)19(24)25/h2-4,7-8,10,13,15,17H,5-6,9,11H2,1H3,(H,24,25). The topological polar surface area (TPSA) is 75.4 Å². The van der Waals surface area contributed by atoms with Crippen molar-refractivity contribution in [3.8, 4) is 5.69 Å². The summed E-state index contributed by atoms with van der Waals surface area (Å²) in [6.45, 7) is 2.39. The molecule has 130 valence electrons. The highest BCUT2D eigenvalue weighted by Gasteiger charge is 2.49. The molecular formula is C19H21N3O3. The molecule has 1 aliphatic heterocycles. The maximum Gasteiger partial charge on any atom is 0.326 e. The fourth-order valence-corrected chi connectivity index (χ4v) is 4.43. The van der Waals surface area contributed by atoms with Gasteiger partial charge in [-0.25, -0.2) is 9.48 Å². The van der Waals surface area contributed by atoms with Crippen molar-refractivity contribution in [1.82, 2.24) is 14.7 Å². The largest absolute Gasteiger partial charge is 0.480 e. The third-order valence-electron chi connectivity index (χ3n) is 5.65. The van der Waals surface area contributed by atoms with Crippen molar-refractivity contribution in [2.24, 2.45) is 11.8 Å². The number of hydrogen-bond donors (Lipinski definition) is 1. The highest BCUT2D eigenvalue weighted by Crippen LogP contribution is 2.42. The van der Waals surface area contributed by atoms with Crippen LogP contribution in [0.15, 0.2) is 36.5 Å². The number of carbonyl (C=O) groups excluding carboxylic acids is 1. The minimum absolute atomic E-state index is 0.0888. The zero-order chi connectivity index (χ0) is 17.6. The number of hydrogen-bond acceptors (Lipinski definition) is 3. The Morgan fingerprint density at radius 3 is 2.68 bits per heavy atom. The third-order valence-corrected chi connectivity index (χ3v) is 5.65. The summed E-state index contributed by atoms with van der Waals surface area (Å²) in [7, 11) is 0. The molecule has 6 nitrogen and oxygen atoms in total. The van der Waals surface area contributed by atoms with Crippen LogP contribution in [-0.2, 0) is 4.79 Å². The van der Waals surface area contributed by atoms with Crippen LogP contribution in [-0.4, -0.2) is 44.3 Å². The van der Waals surface area contributed by atoms with E-state index in [0.717, 1.165) is 30.6 Å². The molecule has 1 aromatic heterocycles. The van der Waals surface area contributed by atoms with Gasteiger partial charge >= 0.3 is 5.97 Å². The van der Waals surface area contributed by atoms with E-state index in [4.69, 9.17) is 0 Å². The van der Waals surface area contributed by atoms with Crippen LogP contribution in [0.5, 0.6) is 0 Å². The van der Waals surface area contributed by atoms with Crippen LogP contribution >= 0.6 is 0 Å². The smallest absolute Gasteiger partial charge is 0.326 e. The molecule has 0 bridgehead atoms. The molecule has 6 heteroatoms. The van der Waals surface area contributed by atoms with E-state index >= 15 is 0 Å². The van der Waals surface area contributed by atoms with Gasteiger partial charge in [-0.15, -0.1) is 0 Å². The van der Waals surface area contributed by atoms with Gasteiger partial charge < -0.3 is 10.0 Å². The Bertz CT molecular complexity index is 815. The van der Waals surface area contributed by atoms with Crippen LogP contribution in [0.3, 0.4) is 0 Å². The molecule has 1 amide bonds. The van der Waals surface area contributed by atoms with E-state index in [2.05, 4.69) is 5.10 Å². The predicted octanol–water partition coefficient (Wildman–Crippen LogP) is 2.51. The molecule has 1 aromatic carbocycles. The fourth-order valence-electron chi connectivity index (χ4n) is 4.43. The number of amides is 1. The fraction of sp³-hybridized carbons (Fsp3) is 0.421. The van der Waals surface area contributed by atoms with E-state index in [9.17, 15) is 14.7 Å². The Hall–Kier alpha value is -2.63. The van der Waals surface area contributed by atoms with Crippen LogP contribution < -0.4 is 0 Å². The Kier molecular flexibility index (Phi) is 3.82. The molecule has 4 rings (SSSR count). The van der Waals surface area contributed by atoms with Crippen molar-refractivity contribution in [2.75, 3.05) is 6.54 Å². The van der Waals surface area contributed by atoms with Crippen LogP contribution in [0.2, 0.25) is 0 Å². The number of carbonyl (C=O) groups is 2. The number of aromatic nitrogens is 2. The molecule has 0 radical (unpaired) electrons. The van der Waals surface area contributed by atoms with E-state index < -0.39 is 12.0 Å². The lowest BCUT2D eigenvalue weighted by Gasteiger charge is -2.24. The molecule has 1 saturated heterocycles. The Morgan fingerprint density at radius 2 is 1.96 bits per heavy atom. The average Bonchev–Trinajstić information content (AvgIpc) is 3.28. The highest BCUT2D eigenvalue weighted by atomic mass is 16.4. The van der Waals surface area contributed by atoms with Crippen molar-refractivity contribution in [3.63, 3.8) is 0 Å². The Labute approximate surface area is 146 Å². The molecular weight excluding hydrogens is 318 g/mol. The van der Waals surface area contributed by atoms with Gasteiger partial charge in [0.2, 0.25) is 0 Å². The third kappa shape index (κ3) is 2.52. The van der Waals surface area contributed by atoms with Crippen LogP contribution in [0, 0.1) is 18.8 Å². The van der Waals surface area contributed by atoms with Gasteiger partial charge in [-0.05, 0) is 43.7 Å². The molecule has 2 heterocycles. The lowest BCUT2D eigenvalue weighted by atomic mass is 9.94. The first-order chi connectivity index (χ1) is 12.1. The first-order valence-electron chi connectivity index (χ1n) is 8.71. The number of fused-ring (bicyclic) bond motifs is 1. The van der Waals surface area contributed by atoms with Crippen molar-refractivity contribution >= 4 is 11.9 Å². The minimum atomic E-state index is -0.893. The van der Waals surface area contributed by atoms with E-state index in [-0.39, 0.29) is 11.8 Å². The zero-order valence-electron chi connectivity index (χ0n) is 14.1. The summed E-state index contributed by atoms with van der Waals surface area (Å²) in [4.78, 5) is 26.4. The van der Waals surface area contributed by atoms with Crippen molar-refractivity contribution in [3.05, 3.63) is 47.8 Å². The summed E-state index contributed by atoms with van der Waals surface area (Å²) < 4.78 is 1.72. The molecule has 3 atom stereocenters. The SMILES string of the molecule is Cc1c(C(=O)N2CC3CCCC3C2C(=O)O)cnn1-c1ccccc1. The van der Waals surface area contributed by atoms with E-state index in [1.165, 1.54) is 0 Å². The summed E-state index contributed by atoms with van der Waals surface area (Å²) in [5.41, 5.74) is 2.10. The number of likely N-dealkylation sites (tertiary alicyclic amines) is 1. The minimum Gasteiger partial charge on any atom is -0.480 e. The van der Waals surface area contributed by atoms with Crippen LogP contribution in [0.1, 0.15) is 35.3 Å². The second-order valence-corrected chi connectivity index (χ2v) is 6.99. The van der Waals surface area contributed by atoms with Gasteiger partial charge in [-0.3, -0.25) is 4.79 Å². The van der Waals surface area contributed by atoms with Gasteiger partial charge in [-0.2, -0.15) is 5.10 Å². The molecule has 1 N–H and O–H groups in total. The summed E-state index contributed by atoms with van der Waals surface area (Å²) in [5, 5.41) is 14.0. The van der Waals surface area contributed by atoms with Gasteiger partial charge in [0.15, 0.2) is 0 Å². The van der Waals surface area contributed by atoms with E-state index in [1.54, 1.807) is 15.8 Å². The second-order valence-electron chi connectivity index (χ2n) is 6.99.